The highest BCUT2D eigenvalue weighted by Gasteiger charge is 2.09. The van der Waals surface area contributed by atoms with Crippen molar-refractivity contribution in [2.45, 2.75) is 6.92 Å². The molecule has 0 bridgehead atoms. The molecule has 0 radical (unpaired) electrons. The first-order valence-electron chi connectivity index (χ1n) is 5.55. The Balaban J connectivity index is 2.19. The summed E-state index contributed by atoms with van der Waals surface area (Å²) in [6.45, 7) is 2.07. The number of H-pyrrole nitrogens is 1. The number of aryl methyl sites for hydroxylation is 1. The Kier molecular flexibility index (Phi) is 2.88. The van der Waals surface area contributed by atoms with Crippen LogP contribution in [0.2, 0.25) is 5.02 Å². The predicted octanol–water partition coefficient (Wildman–Crippen LogP) is 4.95. The van der Waals surface area contributed by atoms with Gasteiger partial charge in [-0.05, 0) is 19.1 Å². The molecule has 0 atom stereocenters. The van der Waals surface area contributed by atoms with Gasteiger partial charge in [-0.25, -0.2) is 4.98 Å². The fraction of sp³-hybridized carbons (Fsp3) is 0.0714. The third-order valence-corrected chi connectivity index (χ3v) is 3.58. The zero-order valence-electron chi connectivity index (χ0n) is 9.67. The summed E-state index contributed by atoms with van der Waals surface area (Å²) >= 11 is 9.60. The van der Waals surface area contributed by atoms with E-state index in [9.17, 15) is 0 Å². The van der Waals surface area contributed by atoms with Gasteiger partial charge in [-0.15, -0.1) is 0 Å². The molecule has 0 saturated heterocycles. The Bertz CT molecular complexity index is 716. The number of hydrogen-bond acceptors (Lipinski definition) is 1. The van der Waals surface area contributed by atoms with Gasteiger partial charge in [0.1, 0.15) is 11.3 Å². The Morgan fingerprint density at radius 3 is 2.61 bits per heavy atom. The van der Waals surface area contributed by atoms with Crippen LogP contribution >= 0.6 is 27.5 Å². The van der Waals surface area contributed by atoms with Crippen LogP contribution in [-0.4, -0.2) is 9.97 Å². The minimum absolute atomic E-state index is 0.647. The molecule has 1 aromatic heterocycles. The molecule has 90 valence electrons. The topological polar surface area (TPSA) is 28.7 Å². The minimum Gasteiger partial charge on any atom is -0.338 e. The van der Waals surface area contributed by atoms with Crippen molar-refractivity contribution in [2.24, 2.45) is 0 Å². The summed E-state index contributed by atoms with van der Waals surface area (Å²) in [5.41, 5.74) is 4.03. The summed E-state index contributed by atoms with van der Waals surface area (Å²) in [6.07, 6.45) is 0. The molecule has 0 aliphatic carbocycles. The smallest absolute Gasteiger partial charge is 0.138 e. The van der Waals surface area contributed by atoms with Crippen LogP contribution in [0.5, 0.6) is 0 Å². The molecule has 0 saturated carbocycles. The van der Waals surface area contributed by atoms with E-state index in [-0.39, 0.29) is 0 Å². The third-order valence-electron chi connectivity index (χ3n) is 2.83. The van der Waals surface area contributed by atoms with E-state index in [1.807, 2.05) is 12.1 Å². The van der Waals surface area contributed by atoms with E-state index in [4.69, 9.17) is 11.6 Å². The first-order valence-corrected chi connectivity index (χ1v) is 6.72. The van der Waals surface area contributed by atoms with Gasteiger partial charge in [-0.2, -0.15) is 0 Å². The van der Waals surface area contributed by atoms with E-state index < -0.39 is 0 Å². The van der Waals surface area contributed by atoms with Crippen molar-refractivity contribution in [2.75, 3.05) is 0 Å². The van der Waals surface area contributed by atoms with Crippen molar-refractivity contribution in [3.05, 3.63) is 51.5 Å². The van der Waals surface area contributed by atoms with Gasteiger partial charge in [0.25, 0.3) is 0 Å². The van der Waals surface area contributed by atoms with Gasteiger partial charge in [0.15, 0.2) is 0 Å². The third kappa shape index (κ3) is 2.04. The number of fused-ring (bicyclic) bond motifs is 1. The number of nitrogens with one attached hydrogen (secondary N) is 1. The maximum Gasteiger partial charge on any atom is 0.138 e. The minimum atomic E-state index is 0.647. The highest BCUT2D eigenvalue weighted by Crippen LogP contribution is 2.29. The number of aromatic amines is 1. The fourth-order valence-electron chi connectivity index (χ4n) is 1.89. The lowest BCUT2D eigenvalue weighted by Gasteiger charge is -1.96. The fourth-order valence-corrected chi connectivity index (χ4v) is 2.74. The lowest BCUT2D eigenvalue weighted by Crippen LogP contribution is -1.80. The summed E-state index contributed by atoms with van der Waals surface area (Å²) in [4.78, 5) is 7.83. The Labute approximate surface area is 118 Å². The van der Waals surface area contributed by atoms with E-state index in [1.165, 1.54) is 5.56 Å². The summed E-state index contributed by atoms with van der Waals surface area (Å²) in [5, 5.41) is 0.647. The molecule has 0 amide bonds. The zero-order chi connectivity index (χ0) is 12.7. The van der Waals surface area contributed by atoms with Crippen LogP contribution in [0.25, 0.3) is 22.4 Å². The van der Waals surface area contributed by atoms with Crippen LogP contribution in [0.1, 0.15) is 5.56 Å². The van der Waals surface area contributed by atoms with E-state index in [0.29, 0.717) is 5.02 Å². The van der Waals surface area contributed by atoms with E-state index >= 15 is 0 Å². The number of halogens is 2. The number of nitrogens with zero attached hydrogens (tertiary/aromatic N) is 1. The monoisotopic (exact) mass is 320 g/mol. The van der Waals surface area contributed by atoms with Crippen LogP contribution in [0.4, 0.5) is 0 Å². The molecule has 0 unspecified atom stereocenters. The average molecular weight is 322 g/mol. The molecule has 3 aromatic rings. The highest BCUT2D eigenvalue weighted by molar-refractivity contribution is 9.10. The molecule has 0 spiro atoms. The molecular weight excluding hydrogens is 312 g/mol. The molecule has 0 aliphatic heterocycles. The van der Waals surface area contributed by atoms with Crippen LogP contribution in [-0.2, 0) is 0 Å². The van der Waals surface area contributed by atoms with Gasteiger partial charge in [0.2, 0.25) is 0 Å². The molecular formula is C14H10BrClN2. The molecule has 0 fully saturated rings. The normalized spacial score (nSPS) is 11.1. The van der Waals surface area contributed by atoms with Crippen LogP contribution in [0.15, 0.2) is 40.9 Å². The van der Waals surface area contributed by atoms with E-state index in [1.54, 1.807) is 0 Å². The lowest BCUT2D eigenvalue weighted by molar-refractivity contribution is 1.33. The summed E-state index contributed by atoms with van der Waals surface area (Å²) < 4.78 is 0.944. The largest absolute Gasteiger partial charge is 0.338 e. The quantitative estimate of drug-likeness (QED) is 0.674. The summed E-state index contributed by atoms with van der Waals surface area (Å²) in [7, 11) is 0. The second kappa shape index (κ2) is 4.41. The average Bonchev–Trinajstić information content (AvgIpc) is 2.74. The molecule has 2 nitrogen and oxygen atoms in total. The van der Waals surface area contributed by atoms with Crippen LogP contribution in [0, 0.1) is 6.92 Å². The summed E-state index contributed by atoms with van der Waals surface area (Å²) in [6, 6.07) is 12.1. The van der Waals surface area contributed by atoms with Crippen molar-refractivity contribution in [1.29, 1.82) is 0 Å². The molecule has 1 N–H and O–H groups in total. The number of rotatable bonds is 1. The maximum absolute atomic E-state index is 6.18. The SMILES string of the molecule is Cc1ccc(-c2nc3c(Cl)cc(Br)cc3[nH]2)cc1. The lowest BCUT2D eigenvalue weighted by atomic mass is 10.1. The Morgan fingerprint density at radius 2 is 1.89 bits per heavy atom. The number of imidazole rings is 1. The van der Waals surface area contributed by atoms with E-state index in [2.05, 4.69) is 57.1 Å². The van der Waals surface area contributed by atoms with Crippen molar-refractivity contribution in [3.8, 4) is 11.4 Å². The van der Waals surface area contributed by atoms with Crippen molar-refractivity contribution < 1.29 is 0 Å². The van der Waals surface area contributed by atoms with Gasteiger partial charge in [-0.3, -0.25) is 0 Å². The molecule has 1 heterocycles. The van der Waals surface area contributed by atoms with Crippen molar-refractivity contribution >= 4 is 38.6 Å². The van der Waals surface area contributed by atoms with Crippen LogP contribution in [0.3, 0.4) is 0 Å². The van der Waals surface area contributed by atoms with Crippen LogP contribution < -0.4 is 0 Å². The summed E-state index contributed by atoms with van der Waals surface area (Å²) in [5.74, 6) is 0.838. The second-order valence-electron chi connectivity index (χ2n) is 4.24. The van der Waals surface area contributed by atoms with Crippen molar-refractivity contribution in [1.82, 2.24) is 9.97 Å². The van der Waals surface area contributed by atoms with Gasteiger partial charge in [0, 0.05) is 10.0 Å². The second-order valence-corrected chi connectivity index (χ2v) is 5.56. The highest BCUT2D eigenvalue weighted by atomic mass is 79.9. The van der Waals surface area contributed by atoms with Gasteiger partial charge in [-0.1, -0.05) is 57.4 Å². The van der Waals surface area contributed by atoms with Crippen molar-refractivity contribution in [3.63, 3.8) is 0 Å². The zero-order valence-corrected chi connectivity index (χ0v) is 12.0. The van der Waals surface area contributed by atoms with Gasteiger partial charge in [0.05, 0.1) is 10.5 Å². The van der Waals surface area contributed by atoms with E-state index in [0.717, 1.165) is 26.9 Å². The first-order chi connectivity index (χ1) is 8.63. The first kappa shape index (κ1) is 11.8. The molecule has 0 aliphatic rings. The van der Waals surface area contributed by atoms with Gasteiger partial charge >= 0.3 is 0 Å². The number of aromatic nitrogens is 2. The Hall–Kier alpha value is -1.32. The molecule has 18 heavy (non-hydrogen) atoms. The Morgan fingerprint density at radius 1 is 1.17 bits per heavy atom. The molecule has 4 heteroatoms. The number of benzene rings is 2. The molecule has 2 aromatic carbocycles. The maximum atomic E-state index is 6.18. The molecule has 3 rings (SSSR count). The standard InChI is InChI=1S/C14H10BrClN2/c1-8-2-4-9(5-3-8)14-17-12-7-10(15)6-11(16)13(12)18-14/h2-7H,1H3,(H,17,18). The predicted molar refractivity (Wildman–Crippen MR) is 79.0 cm³/mol. The van der Waals surface area contributed by atoms with Gasteiger partial charge < -0.3 is 4.98 Å². The number of hydrogen-bond donors (Lipinski definition) is 1.